The molecule has 0 unspecified atom stereocenters. The lowest BCUT2D eigenvalue weighted by Crippen LogP contribution is -2.09. The number of rotatable bonds is 2. The molecule has 2 rings (SSSR count). The lowest BCUT2D eigenvalue weighted by Gasteiger charge is -2.16. The number of benzene rings is 1. The van der Waals surface area contributed by atoms with Crippen LogP contribution >= 0.6 is 0 Å². The Morgan fingerprint density at radius 3 is 2.79 bits per heavy atom. The number of hydrogen-bond acceptors (Lipinski definition) is 3. The number of aldehydes is 2. The van der Waals surface area contributed by atoms with Gasteiger partial charge in [0, 0.05) is 11.3 Å². The van der Waals surface area contributed by atoms with Gasteiger partial charge in [-0.05, 0) is 18.1 Å². The van der Waals surface area contributed by atoms with Crippen LogP contribution in [0.4, 0.5) is 5.69 Å². The zero-order valence-electron chi connectivity index (χ0n) is 7.49. The number of fused-ring (bicyclic) bond motifs is 1. The number of allylic oxidation sites excluding steroid dienone is 2. The Morgan fingerprint density at radius 2 is 2.07 bits per heavy atom. The van der Waals surface area contributed by atoms with Gasteiger partial charge >= 0.3 is 0 Å². The third kappa shape index (κ3) is 1.44. The maximum atomic E-state index is 10.5. The molecule has 1 aromatic rings. The van der Waals surface area contributed by atoms with Crippen molar-refractivity contribution in [2.45, 2.75) is 6.42 Å². The Bertz CT molecular complexity index is 421. The van der Waals surface area contributed by atoms with Gasteiger partial charge in [0.1, 0.15) is 6.29 Å². The maximum Gasteiger partial charge on any atom is 0.165 e. The van der Waals surface area contributed by atoms with Crippen LogP contribution in [-0.2, 0) is 11.2 Å². The average Bonchev–Trinajstić information content (AvgIpc) is 2.27. The first kappa shape index (κ1) is 8.69. The number of anilines is 1. The van der Waals surface area contributed by atoms with Gasteiger partial charge in [-0.15, -0.1) is 0 Å². The SMILES string of the molecule is O=CC1=CCc2ccc(C=O)cc2N1. The maximum absolute atomic E-state index is 10.5. The van der Waals surface area contributed by atoms with Gasteiger partial charge in [0.25, 0.3) is 0 Å². The zero-order chi connectivity index (χ0) is 9.97. The molecule has 70 valence electrons. The highest BCUT2D eigenvalue weighted by molar-refractivity contribution is 5.84. The summed E-state index contributed by atoms with van der Waals surface area (Å²) in [5, 5.41) is 2.96. The Kier molecular flexibility index (Phi) is 2.14. The molecular weight excluding hydrogens is 178 g/mol. The topological polar surface area (TPSA) is 46.2 Å². The van der Waals surface area contributed by atoms with E-state index < -0.39 is 0 Å². The van der Waals surface area contributed by atoms with E-state index in [1.807, 2.05) is 12.1 Å². The van der Waals surface area contributed by atoms with Crippen molar-refractivity contribution in [3.8, 4) is 0 Å². The van der Waals surface area contributed by atoms with Crippen molar-refractivity contribution in [3.63, 3.8) is 0 Å². The van der Waals surface area contributed by atoms with Crippen molar-refractivity contribution < 1.29 is 9.59 Å². The largest absolute Gasteiger partial charge is 0.353 e. The standard InChI is InChI=1S/C11H9NO2/c13-6-8-1-2-9-3-4-10(7-14)12-11(9)5-8/h1-2,4-7,12H,3H2. The van der Waals surface area contributed by atoms with Crippen LogP contribution < -0.4 is 5.32 Å². The van der Waals surface area contributed by atoms with E-state index in [1.165, 1.54) is 0 Å². The van der Waals surface area contributed by atoms with Gasteiger partial charge in [-0.1, -0.05) is 18.2 Å². The quantitative estimate of drug-likeness (QED) is 0.714. The molecule has 3 nitrogen and oxygen atoms in total. The fourth-order valence-electron chi connectivity index (χ4n) is 1.47. The lowest BCUT2D eigenvalue weighted by atomic mass is 10.0. The van der Waals surface area contributed by atoms with Gasteiger partial charge in [-0.25, -0.2) is 0 Å². The fourth-order valence-corrected chi connectivity index (χ4v) is 1.47. The molecule has 14 heavy (non-hydrogen) atoms. The van der Waals surface area contributed by atoms with Crippen molar-refractivity contribution in [1.29, 1.82) is 0 Å². The zero-order valence-corrected chi connectivity index (χ0v) is 7.49. The Labute approximate surface area is 81.4 Å². The molecule has 0 spiro atoms. The normalized spacial score (nSPS) is 13.6. The summed E-state index contributed by atoms with van der Waals surface area (Å²) in [6, 6.07) is 5.41. The Morgan fingerprint density at radius 1 is 1.21 bits per heavy atom. The van der Waals surface area contributed by atoms with Crippen LogP contribution in [0.1, 0.15) is 15.9 Å². The molecule has 1 aliphatic heterocycles. The molecule has 3 heteroatoms. The highest BCUT2D eigenvalue weighted by atomic mass is 16.1. The van der Waals surface area contributed by atoms with Gasteiger partial charge in [-0.2, -0.15) is 0 Å². The highest BCUT2D eigenvalue weighted by Gasteiger charge is 2.09. The third-order valence-electron chi connectivity index (χ3n) is 2.22. The van der Waals surface area contributed by atoms with E-state index in [2.05, 4.69) is 5.32 Å². The van der Waals surface area contributed by atoms with Crippen LogP contribution in [0.3, 0.4) is 0 Å². The highest BCUT2D eigenvalue weighted by Crippen LogP contribution is 2.23. The molecule has 0 aliphatic carbocycles. The van der Waals surface area contributed by atoms with Crippen molar-refractivity contribution in [1.82, 2.24) is 0 Å². The van der Waals surface area contributed by atoms with E-state index in [0.717, 1.165) is 30.2 Å². The van der Waals surface area contributed by atoms with Crippen LogP contribution in [0.25, 0.3) is 0 Å². The summed E-state index contributed by atoms with van der Waals surface area (Å²) < 4.78 is 0. The van der Waals surface area contributed by atoms with Gasteiger partial charge in [0.15, 0.2) is 6.29 Å². The minimum Gasteiger partial charge on any atom is -0.353 e. The summed E-state index contributed by atoms with van der Waals surface area (Å²) in [5.41, 5.74) is 3.12. The molecule has 0 saturated heterocycles. The van der Waals surface area contributed by atoms with Crippen LogP contribution in [0, 0.1) is 0 Å². The van der Waals surface area contributed by atoms with Crippen molar-refractivity contribution in [3.05, 3.63) is 41.1 Å². The van der Waals surface area contributed by atoms with Crippen LogP contribution in [0.5, 0.6) is 0 Å². The number of carbonyl (C=O) groups is 2. The molecule has 1 aliphatic rings. The minimum absolute atomic E-state index is 0.556. The second-order valence-electron chi connectivity index (χ2n) is 3.14. The van der Waals surface area contributed by atoms with Gasteiger partial charge < -0.3 is 5.32 Å². The molecule has 0 saturated carbocycles. The summed E-state index contributed by atoms with van der Waals surface area (Å²) in [4.78, 5) is 21.1. The van der Waals surface area contributed by atoms with Crippen LogP contribution in [-0.4, -0.2) is 12.6 Å². The first-order valence-corrected chi connectivity index (χ1v) is 4.34. The van der Waals surface area contributed by atoms with Gasteiger partial charge in [0.2, 0.25) is 0 Å². The molecule has 0 radical (unpaired) electrons. The summed E-state index contributed by atoms with van der Waals surface area (Å²) in [6.45, 7) is 0. The van der Waals surface area contributed by atoms with E-state index in [-0.39, 0.29) is 0 Å². The van der Waals surface area contributed by atoms with Crippen molar-refractivity contribution in [2.75, 3.05) is 5.32 Å². The Balaban J connectivity index is 2.39. The second kappa shape index (κ2) is 3.46. The Hall–Kier alpha value is -1.90. The molecule has 1 heterocycles. The first-order valence-electron chi connectivity index (χ1n) is 4.34. The molecule has 0 aromatic heterocycles. The smallest absolute Gasteiger partial charge is 0.165 e. The van der Waals surface area contributed by atoms with Crippen molar-refractivity contribution >= 4 is 18.3 Å². The van der Waals surface area contributed by atoms with E-state index >= 15 is 0 Å². The number of hydrogen-bond donors (Lipinski definition) is 1. The minimum atomic E-state index is 0.556. The second-order valence-corrected chi connectivity index (χ2v) is 3.14. The molecule has 1 aromatic carbocycles. The average molecular weight is 187 g/mol. The van der Waals surface area contributed by atoms with E-state index in [1.54, 1.807) is 12.1 Å². The third-order valence-corrected chi connectivity index (χ3v) is 2.22. The van der Waals surface area contributed by atoms with Crippen LogP contribution in [0.2, 0.25) is 0 Å². The number of carbonyl (C=O) groups excluding carboxylic acids is 2. The fraction of sp³-hybridized carbons (Fsp3) is 0.0909. The monoisotopic (exact) mass is 187 g/mol. The molecule has 0 fully saturated rings. The van der Waals surface area contributed by atoms with Crippen molar-refractivity contribution in [2.24, 2.45) is 0 Å². The summed E-state index contributed by atoms with van der Waals surface area (Å²) in [5.74, 6) is 0. The molecule has 0 amide bonds. The summed E-state index contributed by atoms with van der Waals surface area (Å²) >= 11 is 0. The lowest BCUT2D eigenvalue weighted by molar-refractivity contribution is -0.104. The number of nitrogens with one attached hydrogen (secondary N) is 1. The van der Waals surface area contributed by atoms with E-state index in [4.69, 9.17) is 0 Å². The van der Waals surface area contributed by atoms with E-state index in [9.17, 15) is 9.59 Å². The molecule has 0 bridgehead atoms. The summed E-state index contributed by atoms with van der Waals surface area (Å²) in [6.07, 6.45) is 4.13. The summed E-state index contributed by atoms with van der Waals surface area (Å²) in [7, 11) is 0. The predicted octanol–water partition coefficient (Wildman–Crippen LogP) is 1.55. The predicted molar refractivity (Wildman–Crippen MR) is 53.3 cm³/mol. The first-order chi connectivity index (χ1) is 6.83. The molecule has 0 atom stereocenters. The van der Waals surface area contributed by atoms with Crippen LogP contribution in [0.15, 0.2) is 30.0 Å². The van der Waals surface area contributed by atoms with E-state index in [0.29, 0.717) is 11.3 Å². The van der Waals surface area contributed by atoms with Gasteiger partial charge in [0.05, 0.1) is 5.70 Å². The van der Waals surface area contributed by atoms with Gasteiger partial charge in [-0.3, -0.25) is 9.59 Å². The molecular formula is C11H9NO2. The molecule has 1 N–H and O–H groups in total.